The van der Waals surface area contributed by atoms with Gasteiger partial charge in [0.2, 0.25) is 0 Å². The minimum absolute atomic E-state index is 0.0815. The lowest BCUT2D eigenvalue weighted by Crippen LogP contribution is -2.12. The highest BCUT2D eigenvalue weighted by Crippen LogP contribution is 2.33. The number of nitrogens with zero attached hydrogens (tertiary/aromatic N) is 1. The topological polar surface area (TPSA) is 59.1 Å². The molecule has 3 rings (SSSR count). The summed E-state index contributed by atoms with van der Waals surface area (Å²) in [6.07, 6.45) is -4.46. The van der Waals surface area contributed by atoms with Crippen LogP contribution in [0, 0.1) is 6.92 Å². The number of aromatic nitrogens is 1. The molecule has 0 amide bonds. The van der Waals surface area contributed by atoms with Crippen molar-refractivity contribution in [3.63, 3.8) is 0 Å². The summed E-state index contributed by atoms with van der Waals surface area (Å²) in [5.74, 6) is 0. The second-order valence-electron chi connectivity index (χ2n) is 5.54. The van der Waals surface area contributed by atoms with Gasteiger partial charge in [0.05, 0.1) is 16.2 Å². The fourth-order valence-corrected chi connectivity index (χ4v) is 4.17. The maximum absolute atomic E-state index is 12.8. The summed E-state index contributed by atoms with van der Waals surface area (Å²) >= 11 is 1.000. The predicted molar refractivity (Wildman–Crippen MR) is 94.5 cm³/mol. The zero-order chi connectivity index (χ0) is 18.9. The van der Waals surface area contributed by atoms with Gasteiger partial charge in [-0.2, -0.15) is 13.2 Å². The van der Waals surface area contributed by atoms with Gasteiger partial charge in [-0.3, -0.25) is 4.72 Å². The normalized spacial score (nSPS) is 12.2. The SMILES string of the molecule is Cc1ccc(S(=O)(=O)Nc2nc(-c3cccc(C(F)(F)F)c3)cs2)cc1. The molecule has 1 N–H and O–H groups in total. The number of anilines is 1. The van der Waals surface area contributed by atoms with Crippen molar-refractivity contribution in [3.8, 4) is 11.3 Å². The van der Waals surface area contributed by atoms with E-state index in [2.05, 4.69) is 9.71 Å². The number of hydrogen-bond acceptors (Lipinski definition) is 4. The van der Waals surface area contributed by atoms with E-state index < -0.39 is 21.8 Å². The molecule has 9 heteroatoms. The van der Waals surface area contributed by atoms with Crippen molar-refractivity contribution in [1.82, 2.24) is 4.98 Å². The monoisotopic (exact) mass is 398 g/mol. The Kier molecular flexibility index (Phi) is 4.76. The van der Waals surface area contributed by atoms with E-state index in [9.17, 15) is 21.6 Å². The number of benzene rings is 2. The van der Waals surface area contributed by atoms with Gasteiger partial charge in [0.25, 0.3) is 10.0 Å². The van der Waals surface area contributed by atoms with E-state index in [1.54, 1.807) is 12.1 Å². The van der Waals surface area contributed by atoms with E-state index in [0.717, 1.165) is 29.0 Å². The Hall–Kier alpha value is -2.39. The molecule has 0 atom stereocenters. The lowest BCUT2D eigenvalue weighted by atomic mass is 10.1. The van der Waals surface area contributed by atoms with E-state index in [0.29, 0.717) is 0 Å². The average Bonchev–Trinajstić information content (AvgIpc) is 3.02. The van der Waals surface area contributed by atoms with Gasteiger partial charge in [-0.1, -0.05) is 29.8 Å². The molecule has 0 fully saturated rings. The zero-order valence-electron chi connectivity index (χ0n) is 13.4. The Balaban J connectivity index is 1.85. The quantitative estimate of drug-likeness (QED) is 0.677. The smallest absolute Gasteiger partial charge is 0.255 e. The standard InChI is InChI=1S/C17H13F3N2O2S2/c1-11-5-7-14(8-6-11)26(23,24)22-16-21-15(10-25-16)12-3-2-4-13(9-12)17(18,19)20/h2-10H,1H3,(H,21,22). The van der Waals surface area contributed by atoms with Crippen molar-refractivity contribution in [2.75, 3.05) is 4.72 Å². The summed E-state index contributed by atoms with van der Waals surface area (Å²) < 4.78 is 65.5. The molecule has 1 heterocycles. The van der Waals surface area contributed by atoms with Crippen LogP contribution >= 0.6 is 11.3 Å². The number of alkyl halides is 3. The Bertz CT molecular complexity index is 1030. The van der Waals surface area contributed by atoms with Gasteiger partial charge in [0.1, 0.15) is 0 Å². The van der Waals surface area contributed by atoms with Crippen LogP contribution in [0.25, 0.3) is 11.3 Å². The molecular formula is C17H13F3N2O2S2. The third kappa shape index (κ3) is 4.05. The number of thiazole rings is 1. The Morgan fingerprint density at radius 2 is 1.77 bits per heavy atom. The van der Waals surface area contributed by atoms with Crippen molar-refractivity contribution in [1.29, 1.82) is 0 Å². The van der Waals surface area contributed by atoms with Crippen LogP contribution in [0.5, 0.6) is 0 Å². The highest BCUT2D eigenvalue weighted by molar-refractivity contribution is 7.93. The van der Waals surface area contributed by atoms with Crippen LogP contribution in [-0.2, 0) is 16.2 Å². The number of aryl methyl sites for hydroxylation is 1. The zero-order valence-corrected chi connectivity index (χ0v) is 15.0. The van der Waals surface area contributed by atoms with Gasteiger partial charge in [-0.05, 0) is 31.2 Å². The fraction of sp³-hybridized carbons (Fsp3) is 0.118. The largest absolute Gasteiger partial charge is 0.416 e. The molecule has 0 aliphatic rings. The van der Waals surface area contributed by atoms with Crippen LogP contribution in [0.1, 0.15) is 11.1 Å². The van der Waals surface area contributed by atoms with E-state index in [1.165, 1.54) is 29.6 Å². The Labute approximate surface area is 152 Å². The fourth-order valence-electron chi connectivity index (χ4n) is 2.20. The summed E-state index contributed by atoms with van der Waals surface area (Å²) in [7, 11) is -3.81. The minimum atomic E-state index is -4.46. The highest BCUT2D eigenvalue weighted by atomic mass is 32.2. The van der Waals surface area contributed by atoms with Crippen molar-refractivity contribution in [2.24, 2.45) is 0 Å². The molecular weight excluding hydrogens is 385 g/mol. The number of nitrogens with one attached hydrogen (secondary N) is 1. The van der Waals surface area contributed by atoms with Crippen LogP contribution in [0.4, 0.5) is 18.3 Å². The molecule has 0 aliphatic carbocycles. The molecule has 3 aromatic rings. The molecule has 136 valence electrons. The third-order valence-corrected chi connectivity index (χ3v) is 5.78. The first kappa shape index (κ1) is 18.4. The van der Waals surface area contributed by atoms with Crippen LogP contribution in [0.3, 0.4) is 0 Å². The summed E-state index contributed by atoms with van der Waals surface area (Å²) in [5.41, 5.74) is 0.661. The second-order valence-corrected chi connectivity index (χ2v) is 8.08. The molecule has 0 aliphatic heterocycles. The predicted octanol–water partition coefficient (Wildman–Crippen LogP) is 4.94. The summed E-state index contributed by atoms with van der Waals surface area (Å²) in [4.78, 5) is 4.18. The molecule has 0 radical (unpaired) electrons. The molecule has 0 bridgehead atoms. The molecule has 0 saturated carbocycles. The van der Waals surface area contributed by atoms with Crippen LogP contribution in [0.2, 0.25) is 0 Å². The molecule has 26 heavy (non-hydrogen) atoms. The molecule has 0 unspecified atom stereocenters. The third-order valence-electron chi connectivity index (χ3n) is 3.54. The number of halogens is 3. The lowest BCUT2D eigenvalue weighted by Gasteiger charge is -2.07. The second kappa shape index (κ2) is 6.73. The van der Waals surface area contributed by atoms with Crippen LogP contribution in [0.15, 0.2) is 58.8 Å². The van der Waals surface area contributed by atoms with Gasteiger partial charge in [0.15, 0.2) is 5.13 Å². The molecule has 1 aromatic heterocycles. The van der Waals surface area contributed by atoms with Crippen LogP contribution in [-0.4, -0.2) is 13.4 Å². The summed E-state index contributed by atoms with van der Waals surface area (Å²) in [6, 6.07) is 11.0. The van der Waals surface area contributed by atoms with Crippen molar-refractivity contribution >= 4 is 26.5 Å². The minimum Gasteiger partial charge on any atom is -0.255 e. The van der Waals surface area contributed by atoms with Gasteiger partial charge < -0.3 is 0 Å². The highest BCUT2D eigenvalue weighted by Gasteiger charge is 2.30. The first-order valence-electron chi connectivity index (χ1n) is 7.38. The molecule has 0 spiro atoms. The van der Waals surface area contributed by atoms with E-state index in [-0.39, 0.29) is 21.3 Å². The maximum atomic E-state index is 12.8. The van der Waals surface area contributed by atoms with E-state index >= 15 is 0 Å². The van der Waals surface area contributed by atoms with E-state index in [4.69, 9.17) is 0 Å². The van der Waals surface area contributed by atoms with Gasteiger partial charge in [-0.25, -0.2) is 13.4 Å². The molecule has 2 aromatic carbocycles. The first-order chi connectivity index (χ1) is 12.1. The lowest BCUT2D eigenvalue weighted by molar-refractivity contribution is -0.137. The summed E-state index contributed by atoms with van der Waals surface area (Å²) in [6.45, 7) is 1.84. The molecule has 0 saturated heterocycles. The maximum Gasteiger partial charge on any atom is 0.416 e. The Morgan fingerprint density at radius 1 is 1.08 bits per heavy atom. The average molecular weight is 398 g/mol. The first-order valence-corrected chi connectivity index (χ1v) is 9.74. The van der Waals surface area contributed by atoms with Gasteiger partial charge in [-0.15, -0.1) is 11.3 Å². The van der Waals surface area contributed by atoms with Crippen LogP contribution < -0.4 is 4.72 Å². The van der Waals surface area contributed by atoms with Crippen molar-refractivity contribution in [3.05, 3.63) is 65.0 Å². The van der Waals surface area contributed by atoms with E-state index in [1.807, 2.05) is 6.92 Å². The number of sulfonamides is 1. The number of rotatable bonds is 4. The van der Waals surface area contributed by atoms with Gasteiger partial charge >= 0.3 is 6.18 Å². The number of hydrogen-bond donors (Lipinski definition) is 1. The molecule has 4 nitrogen and oxygen atoms in total. The van der Waals surface area contributed by atoms with Crippen molar-refractivity contribution < 1.29 is 21.6 Å². The summed E-state index contributed by atoms with van der Waals surface area (Å²) in [5, 5.41) is 1.58. The Morgan fingerprint density at radius 3 is 2.42 bits per heavy atom. The van der Waals surface area contributed by atoms with Gasteiger partial charge in [0, 0.05) is 10.9 Å². The van der Waals surface area contributed by atoms with Crippen molar-refractivity contribution in [2.45, 2.75) is 18.0 Å².